The average Bonchev–Trinajstić information content (AvgIpc) is 2.42. The Morgan fingerprint density at radius 2 is 2.00 bits per heavy atom. The number of benzene rings is 1. The van der Waals surface area contributed by atoms with Crippen LogP contribution in [0.4, 0.5) is 4.39 Å². The number of piperazine rings is 1. The molecule has 21 heavy (non-hydrogen) atoms. The van der Waals surface area contributed by atoms with E-state index in [1.165, 1.54) is 16.4 Å². The van der Waals surface area contributed by atoms with E-state index in [0.717, 1.165) is 6.07 Å². The number of nitrogens with zero attached hydrogens (tertiary/aromatic N) is 2. The maximum absolute atomic E-state index is 13.5. The third-order valence-electron chi connectivity index (χ3n) is 4.16. The van der Waals surface area contributed by atoms with E-state index in [-0.39, 0.29) is 22.5 Å². The van der Waals surface area contributed by atoms with E-state index in [4.69, 9.17) is 5.73 Å². The zero-order chi connectivity index (χ0) is 15.8. The SMILES string of the molecule is CN1CCN(S(=O)(=O)c2ccc(F)c(CN)c2)CC1(C)C. The molecule has 1 aliphatic heterocycles. The van der Waals surface area contributed by atoms with Crippen molar-refractivity contribution in [3.63, 3.8) is 0 Å². The smallest absolute Gasteiger partial charge is 0.243 e. The van der Waals surface area contributed by atoms with Crippen LogP contribution in [0.5, 0.6) is 0 Å². The number of rotatable bonds is 3. The lowest BCUT2D eigenvalue weighted by molar-refractivity contribution is 0.0801. The van der Waals surface area contributed by atoms with Gasteiger partial charge in [-0.1, -0.05) is 0 Å². The molecule has 0 atom stereocenters. The van der Waals surface area contributed by atoms with Crippen molar-refractivity contribution in [1.82, 2.24) is 9.21 Å². The number of halogens is 1. The molecule has 118 valence electrons. The Bertz CT molecular complexity index is 631. The van der Waals surface area contributed by atoms with Crippen molar-refractivity contribution in [2.75, 3.05) is 26.7 Å². The van der Waals surface area contributed by atoms with E-state index in [2.05, 4.69) is 4.90 Å². The minimum Gasteiger partial charge on any atom is -0.326 e. The maximum Gasteiger partial charge on any atom is 0.243 e. The maximum atomic E-state index is 13.5. The number of hydrogen-bond acceptors (Lipinski definition) is 4. The van der Waals surface area contributed by atoms with Crippen LogP contribution in [0.3, 0.4) is 0 Å². The van der Waals surface area contributed by atoms with Gasteiger partial charge < -0.3 is 5.73 Å². The van der Waals surface area contributed by atoms with Crippen molar-refractivity contribution in [1.29, 1.82) is 0 Å². The van der Waals surface area contributed by atoms with E-state index < -0.39 is 15.8 Å². The van der Waals surface area contributed by atoms with Crippen molar-refractivity contribution >= 4 is 10.0 Å². The van der Waals surface area contributed by atoms with E-state index in [0.29, 0.717) is 19.6 Å². The Kier molecular flexibility index (Phi) is 4.39. The molecule has 0 amide bonds. The molecular weight excluding hydrogens is 293 g/mol. The Labute approximate surface area is 125 Å². The first-order valence-electron chi connectivity index (χ1n) is 6.88. The van der Waals surface area contributed by atoms with Crippen molar-refractivity contribution in [2.45, 2.75) is 30.8 Å². The molecule has 0 aliphatic carbocycles. The Morgan fingerprint density at radius 3 is 2.57 bits per heavy atom. The van der Waals surface area contributed by atoms with Crippen LogP contribution < -0.4 is 5.73 Å². The standard InChI is InChI=1S/C14H22FN3O2S/c1-14(2)10-18(7-6-17(14)3)21(19,20)12-4-5-13(15)11(8-12)9-16/h4-5,8H,6-7,9-10,16H2,1-3H3. The molecule has 2 rings (SSSR count). The zero-order valence-corrected chi connectivity index (χ0v) is 13.5. The first-order chi connectivity index (χ1) is 9.68. The highest BCUT2D eigenvalue weighted by molar-refractivity contribution is 7.89. The molecule has 5 nitrogen and oxygen atoms in total. The molecule has 1 saturated heterocycles. The number of nitrogens with two attached hydrogens (primary N) is 1. The summed E-state index contributed by atoms with van der Waals surface area (Å²) in [6.45, 7) is 5.48. The van der Waals surface area contributed by atoms with Crippen LogP contribution >= 0.6 is 0 Å². The van der Waals surface area contributed by atoms with Gasteiger partial charge in [-0.3, -0.25) is 4.90 Å². The molecule has 0 spiro atoms. The number of sulfonamides is 1. The topological polar surface area (TPSA) is 66.6 Å². The first kappa shape index (κ1) is 16.4. The van der Waals surface area contributed by atoms with Crippen LogP contribution in [0.1, 0.15) is 19.4 Å². The summed E-state index contributed by atoms with van der Waals surface area (Å²) in [7, 11) is -1.64. The van der Waals surface area contributed by atoms with Gasteiger partial charge in [0.1, 0.15) is 5.82 Å². The summed E-state index contributed by atoms with van der Waals surface area (Å²) in [5.41, 5.74) is 5.43. The van der Waals surface area contributed by atoms with E-state index in [1.54, 1.807) is 0 Å². The van der Waals surface area contributed by atoms with Crippen LogP contribution in [-0.2, 0) is 16.6 Å². The molecule has 0 radical (unpaired) electrons. The monoisotopic (exact) mass is 315 g/mol. The molecule has 0 unspecified atom stereocenters. The third-order valence-corrected chi connectivity index (χ3v) is 6.00. The average molecular weight is 315 g/mol. The molecule has 0 bridgehead atoms. The van der Waals surface area contributed by atoms with E-state index in [1.807, 2.05) is 20.9 Å². The van der Waals surface area contributed by atoms with Gasteiger partial charge in [-0.05, 0) is 39.1 Å². The van der Waals surface area contributed by atoms with Gasteiger partial charge in [0.25, 0.3) is 0 Å². The quantitative estimate of drug-likeness (QED) is 0.903. The second-order valence-electron chi connectivity index (χ2n) is 6.03. The highest BCUT2D eigenvalue weighted by Gasteiger charge is 2.37. The molecule has 2 N–H and O–H groups in total. The van der Waals surface area contributed by atoms with Gasteiger partial charge in [-0.25, -0.2) is 12.8 Å². The third kappa shape index (κ3) is 3.11. The van der Waals surface area contributed by atoms with Crippen molar-refractivity contribution in [3.05, 3.63) is 29.6 Å². The summed E-state index contributed by atoms with van der Waals surface area (Å²) >= 11 is 0. The number of likely N-dealkylation sites (N-methyl/N-ethyl adjacent to an activating group) is 1. The van der Waals surface area contributed by atoms with Crippen molar-refractivity contribution in [3.8, 4) is 0 Å². The minimum absolute atomic E-state index is 0.0244. The lowest BCUT2D eigenvalue weighted by Crippen LogP contribution is -2.58. The summed E-state index contributed by atoms with van der Waals surface area (Å²) in [5, 5.41) is 0. The highest BCUT2D eigenvalue weighted by Crippen LogP contribution is 2.25. The fourth-order valence-electron chi connectivity index (χ4n) is 2.42. The van der Waals surface area contributed by atoms with Crippen LogP contribution in [-0.4, -0.2) is 49.8 Å². The van der Waals surface area contributed by atoms with Crippen LogP contribution in [0.25, 0.3) is 0 Å². The van der Waals surface area contributed by atoms with E-state index >= 15 is 0 Å². The van der Waals surface area contributed by atoms with Gasteiger partial charge in [0.15, 0.2) is 0 Å². The van der Waals surface area contributed by atoms with Crippen LogP contribution in [0.15, 0.2) is 23.1 Å². The van der Waals surface area contributed by atoms with Gasteiger partial charge in [-0.2, -0.15) is 4.31 Å². The summed E-state index contributed by atoms with van der Waals surface area (Å²) in [6, 6.07) is 3.79. The van der Waals surface area contributed by atoms with E-state index in [9.17, 15) is 12.8 Å². The molecule has 1 aromatic rings. The van der Waals surface area contributed by atoms with Gasteiger partial charge in [0, 0.05) is 37.3 Å². The van der Waals surface area contributed by atoms with Gasteiger partial charge >= 0.3 is 0 Å². The fraction of sp³-hybridized carbons (Fsp3) is 0.571. The first-order valence-corrected chi connectivity index (χ1v) is 8.32. The second kappa shape index (κ2) is 5.64. The minimum atomic E-state index is -3.62. The summed E-state index contributed by atoms with van der Waals surface area (Å²) in [4.78, 5) is 2.24. The Morgan fingerprint density at radius 1 is 1.33 bits per heavy atom. The second-order valence-corrected chi connectivity index (χ2v) is 7.97. The highest BCUT2D eigenvalue weighted by atomic mass is 32.2. The normalized spacial score (nSPS) is 20.6. The Hall–Kier alpha value is -1.02. The predicted molar refractivity (Wildman–Crippen MR) is 79.8 cm³/mol. The molecule has 0 aromatic heterocycles. The molecule has 1 aliphatic rings. The molecule has 1 fully saturated rings. The van der Waals surface area contributed by atoms with Gasteiger partial charge in [0.05, 0.1) is 4.90 Å². The molecule has 0 saturated carbocycles. The van der Waals surface area contributed by atoms with Crippen molar-refractivity contribution in [2.24, 2.45) is 5.73 Å². The largest absolute Gasteiger partial charge is 0.326 e. The predicted octanol–water partition coefficient (Wildman–Crippen LogP) is 0.999. The molecule has 1 heterocycles. The molecular formula is C14H22FN3O2S. The number of hydrogen-bond donors (Lipinski definition) is 1. The summed E-state index contributed by atoms with van der Waals surface area (Å²) < 4.78 is 40.3. The molecule has 7 heteroatoms. The zero-order valence-electron chi connectivity index (χ0n) is 12.6. The van der Waals surface area contributed by atoms with Gasteiger partial charge in [0.2, 0.25) is 10.0 Å². The molecule has 1 aromatic carbocycles. The van der Waals surface area contributed by atoms with Crippen LogP contribution in [0, 0.1) is 5.82 Å². The van der Waals surface area contributed by atoms with Gasteiger partial charge in [-0.15, -0.1) is 0 Å². The summed E-state index contributed by atoms with van der Waals surface area (Å²) in [5.74, 6) is -0.477. The van der Waals surface area contributed by atoms with Crippen LogP contribution in [0.2, 0.25) is 0 Å². The summed E-state index contributed by atoms with van der Waals surface area (Å²) in [6.07, 6.45) is 0. The fourth-order valence-corrected chi connectivity index (χ4v) is 4.06. The lowest BCUT2D eigenvalue weighted by atomic mass is 10.0. The Balaban J connectivity index is 2.34. The van der Waals surface area contributed by atoms with Crippen molar-refractivity contribution < 1.29 is 12.8 Å². The lowest BCUT2D eigenvalue weighted by Gasteiger charge is -2.44.